The van der Waals surface area contributed by atoms with Crippen LogP contribution in [0.5, 0.6) is 0 Å². The first-order valence-electron chi connectivity index (χ1n) is 8.38. The van der Waals surface area contributed by atoms with Gasteiger partial charge >= 0.3 is 0 Å². The number of amides is 1. The zero-order chi connectivity index (χ0) is 14.9. The smallest absolute Gasteiger partial charge is 0.270 e. The molecule has 4 heteroatoms. The average Bonchev–Trinajstić information content (AvgIpc) is 3.07. The summed E-state index contributed by atoms with van der Waals surface area (Å²) in [6.45, 7) is 4.80. The fourth-order valence-electron chi connectivity index (χ4n) is 4.11. The van der Waals surface area contributed by atoms with Crippen molar-refractivity contribution in [1.29, 1.82) is 0 Å². The van der Waals surface area contributed by atoms with Crippen LogP contribution in [0.3, 0.4) is 0 Å². The number of rotatable bonds is 3. The normalized spacial score (nSPS) is 21.1. The van der Waals surface area contributed by atoms with Crippen LogP contribution in [0.4, 0.5) is 5.69 Å². The van der Waals surface area contributed by atoms with Gasteiger partial charge in [0, 0.05) is 25.8 Å². The molecule has 0 aromatic carbocycles. The third-order valence-electron chi connectivity index (χ3n) is 5.38. The molecule has 2 fully saturated rings. The van der Waals surface area contributed by atoms with Gasteiger partial charge in [-0.3, -0.25) is 4.79 Å². The van der Waals surface area contributed by atoms with Gasteiger partial charge in [-0.2, -0.15) is 0 Å². The van der Waals surface area contributed by atoms with Crippen LogP contribution in [0.1, 0.15) is 62.4 Å². The average molecular weight is 289 g/mol. The van der Waals surface area contributed by atoms with Crippen molar-refractivity contribution >= 4 is 11.6 Å². The highest BCUT2D eigenvalue weighted by atomic mass is 16.2. The van der Waals surface area contributed by atoms with Crippen LogP contribution in [0, 0.1) is 5.41 Å². The van der Waals surface area contributed by atoms with Gasteiger partial charge in [0.05, 0.1) is 5.69 Å². The van der Waals surface area contributed by atoms with Crippen molar-refractivity contribution in [3.8, 4) is 0 Å². The minimum Gasteiger partial charge on any atom is -0.397 e. The third kappa shape index (κ3) is 2.81. The van der Waals surface area contributed by atoms with Gasteiger partial charge in [-0.05, 0) is 43.6 Å². The first-order valence-corrected chi connectivity index (χ1v) is 8.38. The number of nitrogens with zero attached hydrogens (tertiary/aromatic N) is 2. The lowest BCUT2D eigenvalue weighted by atomic mass is 9.77. The summed E-state index contributed by atoms with van der Waals surface area (Å²) in [7, 11) is 0. The van der Waals surface area contributed by atoms with Crippen LogP contribution < -0.4 is 5.73 Å². The topological polar surface area (TPSA) is 51.3 Å². The molecule has 1 aromatic rings. The van der Waals surface area contributed by atoms with Crippen molar-refractivity contribution < 1.29 is 4.79 Å². The van der Waals surface area contributed by atoms with Gasteiger partial charge in [-0.1, -0.05) is 19.8 Å². The van der Waals surface area contributed by atoms with Gasteiger partial charge in [-0.15, -0.1) is 0 Å². The highest BCUT2D eigenvalue weighted by Crippen LogP contribution is 2.46. The standard InChI is InChI=1S/C17H27N3O/c1-2-9-20-13-14(18)12-15(20)16(21)19-10-7-17(8-11-19)5-3-4-6-17/h12-13H,2-11,18H2,1H3. The molecular formula is C17H27N3O. The van der Waals surface area contributed by atoms with E-state index >= 15 is 0 Å². The predicted molar refractivity (Wildman–Crippen MR) is 85.2 cm³/mol. The maximum atomic E-state index is 12.8. The Bertz CT molecular complexity index is 504. The summed E-state index contributed by atoms with van der Waals surface area (Å²) in [5, 5.41) is 0. The molecule has 2 aliphatic rings. The minimum atomic E-state index is 0.160. The number of aryl methyl sites for hydroxylation is 1. The van der Waals surface area contributed by atoms with E-state index in [0.717, 1.165) is 31.7 Å². The van der Waals surface area contributed by atoms with Crippen LogP contribution in [-0.2, 0) is 6.54 Å². The minimum absolute atomic E-state index is 0.160. The molecule has 116 valence electrons. The second-order valence-electron chi connectivity index (χ2n) is 6.85. The quantitative estimate of drug-likeness (QED) is 0.928. The van der Waals surface area contributed by atoms with Crippen LogP contribution in [0.15, 0.2) is 12.3 Å². The van der Waals surface area contributed by atoms with E-state index in [4.69, 9.17) is 5.73 Å². The van der Waals surface area contributed by atoms with Gasteiger partial charge in [0.1, 0.15) is 5.69 Å². The van der Waals surface area contributed by atoms with Gasteiger partial charge in [0.2, 0.25) is 0 Å². The zero-order valence-electron chi connectivity index (χ0n) is 13.1. The number of anilines is 1. The molecular weight excluding hydrogens is 262 g/mol. The van der Waals surface area contributed by atoms with Crippen molar-refractivity contribution in [3.05, 3.63) is 18.0 Å². The number of carbonyl (C=O) groups excluding carboxylic acids is 1. The molecule has 1 aliphatic carbocycles. The van der Waals surface area contributed by atoms with Crippen molar-refractivity contribution in [3.63, 3.8) is 0 Å². The zero-order valence-corrected chi connectivity index (χ0v) is 13.1. The third-order valence-corrected chi connectivity index (χ3v) is 5.38. The summed E-state index contributed by atoms with van der Waals surface area (Å²) >= 11 is 0. The van der Waals surface area contributed by atoms with E-state index < -0.39 is 0 Å². The summed E-state index contributed by atoms with van der Waals surface area (Å²) in [4.78, 5) is 14.8. The molecule has 1 saturated heterocycles. The lowest BCUT2D eigenvalue weighted by Gasteiger charge is -2.39. The van der Waals surface area contributed by atoms with Crippen molar-refractivity contribution in [2.45, 2.75) is 58.4 Å². The molecule has 2 N–H and O–H groups in total. The number of nitrogen functional groups attached to an aromatic ring is 1. The fourth-order valence-corrected chi connectivity index (χ4v) is 4.11. The van der Waals surface area contributed by atoms with E-state index in [-0.39, 0.29) is 5.91 Å². The number of nitrogens with two attached hydrogens (primary N) is 1. The molecule has 1 saturated carbocycles. The van der Waals surface area contributed by atoms with E-state index in [9.17, 15) is 4.79 Å². The van der Waals surface area contributed by atoms with E-state index in [1.807, 2.05) is 21.7 Å². The predicted octanol–water partition coefficient (Wildman–Crippen LogP) is 3.28. The second-order valence-corrected chi connectivity index (χ2v) is 6.85. The summed E-state index contributed by atoms with van der Waals surface area (Å²) in [5.74, 6) is 0.160. The molecule has 0 radical (unpaired) electrons. The first kappa shape index (κ1) is 14.5. The Balaban J connectivity index is 1.69. The second kappa shape index (κ2) is 5.74. The molecule has 1 aromatic heterocycles. The van der Waals surface area contributed by atoms with Gasteiger partial charge in [0.15, 0.2) is 0 Å². The number of hydrogen-bond acceptors (Lipinski definition) is 2. The Hall–Kier alpha value is -1.45. The molecule has 4 nitrogen and oxygen atoms in total. The van der Waals surface area contributed by atoms with Crippen LogP contribution in [-0.4, -0.2) is 28.5 Å². The summed E-state index contributed by atoms with van der Waals surface area (Å²) in [6, 6.07) is 1.83. The number of likely N-dealkylation sites (tertiary alicyclic amines) is 1. The van der Waals surface area contributed by atoms with E-state index in [2.05, 4.69) is 6.92 Å². The first-order chi connectivity index (χ1) is 10.1. The monoisotopic (exact) mass is 289 g/mol. The molecule has 2 heterocycles. The van der Waals surface area contributed by atoms with Crippen molar-refractivity contribution in [2.75, 3.05) is 18.8 Å². The summed E-state index contributed by atoms with van der Waals surface area (Å²) < 4.78 is 2.01. The molecule has 1 amide bonds. The van der Waals surface area contributed by atoms with Gasteiger partial charge in [0.25, 0.3) is 5.91 Å². The number of carbonyl (C=O) groups is 1. The fraction of sp³-hybridized carbons (Fsp3) is 0.706. The Morgan fingerprint density at radius 3 is 2.52 bits per heavy atom. The van der Waals surface area contributed by atoms with Crippen molar-refractivity contribution in [2.24, 2.45) is 5.41 Å². The summed E-state index contributed by atoms with van der Waals surface area (Å²) in [6.07, 6.45) is 10.8. The molecule has 21 heavy (non-hydrogen) atoms. The van der Waals surface area contributed by atoms with E-state index in [1.165, 1.54) is 38.5 Å². The van der Waals surface area contributed by atoms with Crippen molar-refractivity contribution in [1.82, 2.24) is 9.47 Å². The maximum absolute atomic E-state index is 12.8. The molecule has 3 rings (SSSR count). The molecule has 1 spiro atoms. The summed E-state index contributed by atoms with van der Waals surface area (Å²) in [5.41, 5.74) is 7.89. The Morgan fingerprint density at radius 1 is 1.24 bits per heavy atom. The Kier molecular flexibility index (Phi) is 3.96. The van der Waals surface area contributed by atoms with Crippen LogP contribution in [0.2, 0.25) is 0 Å². The highest BCUT2D eigenvalue weighted by Gasteiger charge is 2.38. The largest absolute Gasteiger partial charge is 0.397 e. The lowest BCUT2D eigenvalue weighted by Crippen LogP contribution is -2.42. The maximum Gasteiger partial charge on any atom is 0.270 e. The number of aromatic nitrogens is 1. The van der Waals surface area contributed by atoms with Gasteiger partial charge in [-0.25, -0.2) is 0 Å². The van der Waals surface area contributed by atoms with Gasteiger partial charge < -0.3 is 15.2 Å². The molecule has 0 unspecified atom stereocenters. The van der Waals surface area contributed by atoms with E-state index in [1.54, 1.807) is 0 Å². The molecule has 0 bridgehead atoms. The van der Waals surface area contributed by atoms with Crippen LogP contribution in [0.25, 0.3) is 0 Å². The lowest BCUT2D eigenvalue weighted by molar-refractivity contribution is 0.0577. The Morgan fingerprint density at radius 2 is 1.90 bits per heavy atom. The van der Waals surface area contributed by atoms with Crippen LogP contribution >= 0.6 is 0 Å². The SMILES string of the molecule is CCCn1cc(N)cc1C(=O)N1CCC2(CCCC2)CC1. The Labute approximate surface area is 127 Å². The highest BCUT2D eigenvalue weighted by molar-refractivity contribution is 5.94. The number of piperidine rings is 1. The number of hydrogen-bond donors (Lipinski definition) is 1. The molecule has 1 aliphatic heterocycles. The molecule has 0 atom stereocenters. The van der Waals surface area contributed by atoms with E-state index in [0.29, 0.717) is 11.1 Å².